The molecule has 4 aliphatic heterocycles. The first kappa shape index (κ1) is 34.5. The number of amides is 1. The van der Waals surface area contributed by atoms with Gasteiger partial charge in [-0.05, 0) is 112 Å². The van der Waals surface area contributed by atoms with Gasteiger partial charge < -0.3 is 14.9 Å². The van der Waals surface area contributed by atoms with Crippen molar-refractivity contribution in [3.8, 4) is 20.9 Å². The summed E-state index contributed by atoms with van der Waals surface area (Å²) < 4.78 is 2.46. The Kier molecular flexibility index (Phi) is 7.54. The lowest BCUT2D eigenvalue weighted by Gasteiger charge is -2.44. The fourth-order valence-electron chi connectivity index (χ4n) is 9.47. The number of hydrogen-bond donors (Lipinski definition) is 1. The Bertz CT molecular complexity index is 2550. The summed E-state index contributed by atoms with van der Waals surface area (Å²) in [5.41, 5.74) is 10.1. The van der Waals surface area contributed by atoms with Crippen LogP contribution in [0.4, 0.5) is 5.69 Å². The number of likely N-dealkylation sites (tertiary alicyclic amines) is 1. The summed E-state index contributed by atoms with van der Waals surface area (Å²) in [6, 6.07) is 22.6. The van der Waals surface area contributed by atoms with Crippen molar-refractivity contribution >= 4 is 64.3 Å². The fraction of sp³-hybridized carbons (Fsp3) is 0.341. The van der Waals surface area contributed by atoms with Crippen molar-refractivity contribution in [3.63, 3.8) is 0 Å². The van der Waals surface area contributed by atoms with Crippen molar-refractivity contribution in [1.29, 1.82) is 0 Å². The molecule has 0 radical (unpaired) electrons. The number of hydrogen-bond acceptors (Lipinski definition) is 5. The molecule has 2 aromatic heterocycles. The van der Waals surface area contributed by atoms with Crippen LogP contribution in [0.1, 0.15) is 73.1 Å². The quantitative estimate of drug-likeness (QED) is 0.168. The standard InChI is InChI=1S/C44H45N3O3S2Si/c1-43(2)32-15-19-51-39(32)28-21-30-36(23-34(28)45(43)5)53(7,8)37-24-35-29(40-33(16-20-52-40)44(3,4)46(35)6)22-31(37)38(30)26-11-9-10-12-27(26)41(48)47-17-13-25(14-18-47)42(49)50/h9-12,15-16,19-25H,13-14,17-18H2,1-8H3/p+1. The van der Waals surface area contributed by atoms with Crippen LogP contribution in [0.3, 0.4) is 0 Å². The highest BCUT2D eigenvalue weighted by Gasteiger charge is 2.44. The Morgan fingerprint density at radius 3 is 2.19 bits per heavy atom. The first-order valence-electron chi connectivity index (χ1n) is 18.6. The predicted octanol–water partition coefficient (Wildman–Crippen LogP) is 6.52. The minimum atomic E-state index is -2.34. The zero-order valence-electron chi connectivity index (χ0n) is 31.8. The molecule has 3 aromatic carbocycles. The van der Waals surface area contributed by atoms with E-state index in [4.69, 9.17) is 0 Å². The Balaban J connectivity index is 1.37. The number of thiophene rings is 2. The zero-order chi connectivity index (χ0) is 37.4. The van der Waals surface area contributed by atoms with Gasteiger partial charge in [-0.1, -0.05) is 31.3 Å². The highest BCUT2D eigenvalue weighted by molar-refractivity contribution is 7.14. The van der Waals surface area contributed by atoms with Gasteiger partial charge in [-0.3, -0.25) is 9.59 Å². The number of carbonyl (C=O) groups is 2. The lowest BCUT2D eigenvalue weighted by molar-refractivity contribution is -0.143. The fourth-order valence-corrected chi connectivity index (χ4v) is 14.7. The third-order valence-electron chi connectivity index (χ3n) is 13.3. The molecule has 1 N–H and O–H groups in total. The van der Waals surface area contributed by atoms with Gasteiger partial charge in [0.15, 0.2) is 5.54 Å². The summed E-state index contributed by atoms with van der Waals surface area (Å²) in [4.78, 5) is 33.3. The SMILES string of the molecule is CN1c2cc3c(cc2-c2sccc2C1(C)C)C(c1ccccc1C(=O)N1CCC(C(=O)O)CC1)=c1cc2c(cc1[Si]3(C)C)=[N+](C)C(C)(C)c1ccsc1-2. The van der Waals surface area contributed by atoms with Crippen LogP contribution in [0, 0.1) is 5.92 Å². The molecule has 0 bridgehead atoms. The predicted molar refractivity (Wildman–Crippen MR) is 221 cm³/mol. The van der Waals surface area contributed by atoms with Crippen LogP contribution in [0.5, 0.6) is 0 Å². The molecule has 0 spiro atoms. The number of rotatable bonds is 3. The van der Waals surface area contributed by atoms with Gasteiger partial charge in [-0.2, -0.15) is 0 Å². The van der Waals surface area contributed by atoms with Crippen LogP contribution in [-0.2, 0) is 15.9 Å². The number of carbonyl (C=O) groups excluding carboxylic acids is 1. The molecule has 0 unspecified atom stereocenters. The van der Waals surface area contributed by atoms with Crippen LogP contribution in [0.15, 0.2) is 71.4 Å². The highest BCUT2D eigenvalue weighted by Crippen LogP contribution is 2.50. The average Bonchev–Trinajstić information content (AvgIpc) is 3.85. The molecule has 4 aliphatic rings. The van der Waals surface area contributed by atoms with Crippen LogP contribution in [-0.4, -0.2) is 57.1 Å². The van der Waals surface area contributed by atoms with Crippen LogP contribution >= 0.6 is 22.7 Å². The number of carboxylic acid groups (broad SMARTS) is 1. The zero-order valence-corrected chi connectivity index (χ0v) is 34.4. The van der Waals surface area contributed by atoms with Gasteiger partial charge in [-0.15, -0.1) is 22.7 Å². The van der Waals surface area contributed by atoms with E-state index >= 15 is 0 Å². The summed E-state index contributed by atoms with van der Waals surface area (Å²) >= 11 is 3.63. The molecule has 0 saturated carbocycles. The summed E-state index contributed by atoms with van der Waals surface area (Å²) in [7, 11) is 2.12. The molecule has 1 amide bonds. The van der Waals surface area contributed by atoms with Gasteiger partial charge in [-0.25, -0.2) is 4.58 Å². The maximum absolute atomic E-state index is 14.6. The first-order valence-corrected chi connectivity index (χ1v) is 23.4. The molecule has 9 rings (SSSR count). The van der Waals surface area contributed by atoms with Crippen molar-refractivity contribution in [2.45, 2.75) is 64.7 Å². The van der Waals surface area contributed by atoms with Gasteiger partial charge in [0, 0.05) is 67.3 Å². The molecule has 5 aromatic rings. The largest absolute Gasteiger partial charge is 0.481 e. The van der Waals surface area contributed by atoms with Gasteiger partial charge in [0.05, 0.1) is 21.9 Å². The van der Waals surface area contributed by atoms with Crippen LogP contribution in [0.2, 0.25) is 13.1 Å². The normalized spacial score (nSPS) is 19.1. The summed E-state index contributed by atoms with van der Waals surface area (Å²) in [6.45, 7) is 15.2. The highest BCUT2D eigenvalue weighted by atomic mass is 32.1. The molecule has 6 nitrogen and oxygen atoms in total. The molecular weight excluding hydrogens is 711 g/mol. The van der Waals surface area contributed by atoms with E-state index in [-0.39, 0.29) is 17.0 Å². The Labute approximate surface area is 320 Å². The van der Waals surface area contributed by atoms with Gasteiger partial charge in [0.25, 0.3) is 5.91 Å². The average molecular weight is 757 g/mol. The molecule has 1 saturated heterocycles. The molecule has 9 heteroatoms. The lowest BCUT2D eigenvalue weighted by Crippen LogP contribution is -2.64. The number of benzene rings is 3. The van der Waals surface area contributed by atoms with Crippen molar-refractivity contribution < 1.29 is 14.7 Å². The van der Waals surface area contributed by atoms with E-state index in [0.29, 0.717) is 31.5 Å². The lowest BCUT2D eigenvalue weighted by atomic mass is 9.83. The number of piperidine rings is 1. The number of aliphatic carboxylic acids is 1. The molecule has 0 atom stereocenters. The van der Waals surface area contributed by atoms with Gasteiger partial charge >= 0.3 is 5.97 Å². The van der Waals surface area contributed by atoms with Crippen molar-refractivity contribution in [2.24, 2.45) is 5.92 Å². The van der Waals surface area contributed by atoms with Gasteiger partial charge in [0.2, 0.25) is 5.36 Å². The third-order valence-corrected chi connectivity index (χ3v) is 18.7. The van der Waals surface area contributed by atoms with Crippen molar-refractivity contribution in [3.05, 3.63) is 110 Å². The molecule has 6 heterocycles. The van der Waals surface area contributed by atoms with Crippen LogP contribution < -0.4 is 30.4 Å². The Morgan fingerprint density at radius 2 is 1.49 bits per heavy atom. The number of carboxylic acids is 1. The topological polar surface area (TPSA) is 63.9 Å². The molecule has 270 valence electrons. The number of fused-ring (bicyclic) bond motifs is 8. The van der Waals surface area contributed by atoms with E-state index in [9.17, 15) is 14.7 Å². The van der Waals surface area contributed by atoms with E-state index in [2.05, 4.69) is 124 Å². The van der Waals surface area contributed by atoms with Gasteiger partial charge in [0.1, 0.15) is 15.1 Å². The summed E-state index contributed by atoms with van der Waals surface area (Å²) in [6.07, 6.45) is 0.952. The minimum absolute atomic E-state index is 0.0258. The Hall–Kier alpha value is -4.31. The number of anilines is 1. The minimum Gasteiger partial charge on any atom is -0.481 e. The smallest absolute Gasteiger partial charge is 0.306 e. The second-order valence-electron chi connectivity index (χ2n) is 16.8. The summed E-state index contributed by atoms with van der Waals surface area (Å²) in [5, 5.41) is 19.4. The van der Waals surface area contributed by atoms with Crippen LogP contribution in [0.25, 0.3) is 26.5 Å². The molecular formula is C44H46N3O3S2Si+. The second kappa shape index (κ2) is 11.6. The third kappa shape index (κ3) is 4.75. The van der Waals surface area contributed by atoms with E-state index in [1.54, 1.807) is 0 Å². The maximum atomic E-state index is 14.6. The van der Waals surface area contributed by atoms with Crippen molar-refractivity contribution in [2.75, 3.05) is 32.1 Å². The second-order valence-corrected chi connectivity index (χ2v) is 23.0. The van der Waals surface area contributed by atoms with E-state index in [0.717, 1.165) is 11.1 Å². The van der Waals surface area contributed by atoms with Crippen molar-refractivity contribution in [1.82, 2.24) is 9.48 Å². The Morgan fingerprint density at radius 1 is 0.830 bits per heavy atom. The molecule has 0 aliphatic carbocycles. The first-order chi connectivity index (χ1) is 25.1. The van der Waals surface area contributed by atoms with E-state index < -0.39 is 20.0 Å². The summed E-state index contributed by atoms with van der Waals surface area (Å²) in [5.74, 6) is -1.20. The molecule has 1 fully saturated rings. The van der Waals surface area contributed by atoms with E-state index in [1.807, 2.05) is 39.7 Å². The monoisotopic (exact) mass is 756 g/mol. The maximum Gasteiger partial charge on any atom is 0.306 e. The molecule has 53 heavy (non-hydrogen) atoms. The number of nitrogens with zero attached hydrogens (tertiary/aromatic N) is 3. The van der Waals surface area contributed by atoms with E-state index in [1.165, 1.54) is 64.2 Å².